The predicted octanol–water partition coefficient (Wildman–Crippen LogP) is 2.01. The van der Waals surface area contributed by atoms with Crippen LogP contribution in [0.3, 0.4) is 0 Å². The molecule has 5 heteroatoms. The molecule has 0 aliphatic heterocycles. The molecule has 0 spiro atoms. The van der Waals surface area contributed by atoms with Crippen molar-refractivity contribution in [1.29, 1.82) is 0 Å². The predicted molar refractivity (Wildman–Crippen MR) is 54.7 cm³/mol. The molecular formula is C10H8ClFN2O. The van der Waals surface area contributed by atoms with E-state index in [0.717, 1.165) is 0 Å². The Bertz CT molecular complexity index is 414. The molecule has 1 N–H and O–H groups in total. The first-order valence-electron chi connectivity index (χ1n) is 4.17. The minimum absolute atomic E-state index is 0.0668. The smallest absolute Gasteiger partial charge is 0.300 e. The summed E-state index contributed by atoms with van der Waals surface area (Å²) in [6, 6.07) is 4.22. The summed E-state index contributed by atoms with van der Waals surface area (Å²) in [5.74, 6) is -0.884. The zero-order valence-corrected chi connectivity index (χ0v) is 8.51. The molecule has 0 saturated heterocycles. The Labute approximate surface area is 91.7 Å². The standard InChI is InChI=1S/C10H8ClFN2O/c1-13-6-10(15)14-5-7-2-3-8(11)4-9(7)12/h2-4H,5-6H2,(H,14,15). The molecule has 1 aromatic carbocycles. The van der Waals surface area contributed by atoms with Crippen LogP contribution >= 0.6 is 11.6 Å². The van der Waals surface area contributed by atoms with Gasteiger partial charge in [-0.25, -0.2) is 11.0 Å². The van der Waals surface area contributed by atoms with Crippen LogP contribution < -0.4 is 5.32 Å². The summed E-state index contributed by atoms with van der Waals surface area (Å²) < 4.78 is 13.2. The number of halogens is 2. The van der Waals surface area contributed by atoms with Gasteiger partial charge in [0.25, 0.3) is 12.5 Å². The summed E-state index contributed by atoms with van der Waals surface area (Å²) in [4.78, 5) is 13.8. The first kappa shape index (κ1) is 11.5. The third-order valence-electron chi connectivity index (χ3n) is 1.71. The van der Waals surface area contributed by atoms with Crippen LogP contribution in [0.2, 0.25) is 5.02 Å². The zero-order chi connectivity index (χ0) is 11.3. The monoisotopic (exact) mass is 226 g/mol. The third-order valence-corrected chi connectivity index (χ3v) is 1.95. The highest BCUT2D eigenvalue weighted by Gasteiger charge is 2.06. The molecule has 0 atom stereocenters. The number of rotatable bonds is 3. The van der Waals surface area contributed by atoms with Crippen molar-refractivity contribution in [1.82, 2.24) is 5.32 Å². The molecular weight excluding hydrogens is 219 g/mol. The van der Waals surface area contributed by atoms with Gasteiger partial charge in [-0.15, -0.1) is 0 Å². The molecule has 0 radical (unpaired) electrons. The summed E-state index contributed by atoms with van der Waals surface area (Å²) in [6.07, 6.45) is 0. The first-order chi connectivity index (χ1) is 7.13. The molecule has 3 nitrogen and oxygen atoms in total. The second kappa shape index (κ2) is 5.32. The Hall–Kier alpha value is -1.60. The van der Waals surface area contributed by atoms with E-state index in [1.807, 2.05) is 0 Å². The van der Waals surface area contributed by atoms with Crippen molar-refractivity contribution in [2.75, 3.05) is 6.54 Å². The maximum atomic E-state index is 13.2. The van der Waals surface area contributed by atoms with E-state index in [1.165, 1.54) is 12.1 Å². The third kappa shape index (κ3) is 3.56. The van der Waals surface area contributed by atoms with Crippen molar-refractivity contribution in [3.05, 3.63) is 46.0 Å². The molecule has 1 amide bonds. The van der Waals surface area contributed by atoms with Gasteiger partial charge in [0.05, 0.1) is 0 Å². The molecule has 0 heterocycles. The molecule has 0 bridgehead atoms. The highest BCUT2D eigenvalue weighted by atomic mass is 35.5. The summed E-state index contributed by atoms with van der Waals surface area (Å²) in [5.41, 5.74) is 0.345. The van der Waals surface area contributed by atoms with Crippen LogP contribution in [0.1, 0.15) is 5.56 Å². The second-order valence-electron chi connectivity index (χ2n) is 2.83. The maximum Gasteiger partial charge on any atom is 0.300 e. The van der Waals surface area contributed by atoms with E-state index < -0.39 is 11.7 Å². The maximum absolute atomic E-state index is 13.2. The molecule has 0 aromatic heterocycles. The highest BCUT2D eigenvalue weighted by molar-refractivity contribution is 6.30. The van der Waals surface area contributed by atoms with E-state index in [0.29, 0.717) is 10.6 Å². The number of carbonyl (C=O) groups excluding carboxylic acids is 1. The Morgan fingerprint density at radius 3 is 2.93 bits per heavy atom. The van der Waals surface area contributed by atoms with Gasteiger partial charge in [-0.2, -0.15) is 0 Å². The molecule has 0 saturated carbocycles. The van der Waals surface area contributed by atoms with Crippen LogP contribution in [0.25, 0.3) is 4.85 Å². The molecule has 1 aromatic rings. The lowest BCUT2D eigenvalue weighted by atomic mass is 10.2. The van der Waals surface area contributed by atoms with Crippen molar-refractivity contribution in [2.24, 2.45) is 0 Å². The number of hydrogen-bond donors (Lipinski definition) is 1. The second-order valence-corrected chi connectivity index (χ2v) is 3.27. The fraction of sp³-hybridized carbons (Fsp3) is 0.200. The van der Waals surface area contributed by atoms with E-state index in [4.69, 9.17) is 18.2 Å². The van der Waals surface area contributed by atoms with Crippen molar-refractivity contribution in [3.63, 3.8) is 0 Å². The lowest BCUT2D eigenvalue weighted by molar-refractivity contribution is -0.119. The minimum Gasteiger partial charge on any atom is -0.345 e. The lowest BCUT2D eigenvalue weighted by Gasteiger charge is -2.03. The zero-order valence-electron chi connectivity index (χ0n) is 7.76. The lowest BCUT2D eigenvalue weighted by Crippen LogP contribution is -2.24. The van der Waals surface area contributed by atoms with Gasteiger partial charge in [0.1, 0.15) is 5.82 Å². The molecule has 78 valence electrons. The minimum atomic E-state index is -0.467. The molecule has 1 rings (SSSR count). The Morgan fingerprint density at radius 1 is 1.60 bits per heavy atom. The van der Waals surface area contributed by atoms with Gasteiger partial charge in [0, 0.05) is 17.1 Å². The Balaban J connectivity index is 2.59. The van der Waals surface area contributed by atoms with Crippen molar-refractivity contribution in [3.8, 4) is 0 Å². The van der Waals surface area contributed by atoms with Crippen LogP contribution in [-0.4, -0.2) is 12.5 Å². The SMILES string of the molecule is [C-]#[N+]CC(=O)NCc1ccc(Cl)cc1F. The number of amides is 1. The fourth-order valence-electron chi connectivity index (χ4n) is 0.987. The van der Waals surface area contributed by atoms with Crippen LogP contribution in [0.4, 0.5) is 4.39 Å². The number of nitrogens with one attached hydrogen (secondary N) is 1. The van der Waals surface area contributed by atoms with E-state index in [1.54, 1.807) is 6.07 Å². The highest BCUT2D eigenvalue weighted by Crippen LogP contribution is 2.14. The Morgan fingerprint density at radius 2 is 2.33 bits per heavy atom. The van der Waals surface area contributed by atoms with Gasteiger partial charge >= 0.3 is 0 Å². The molecule has 0 unspecified atom stereocenters. The average molecular weight is 227 g/mol. The van der Waals surface area contributed by atoms with Crippen LogP contribution in [0.5, 0.6) is 0 Å². The quantitative estimate of drug-likeness (QED) is 0.786. The number of hydrogen-bond acceptors (Lipinski definition) is 1. The van der Waals surface area contributed by atoms with Crippen LogP contribution in [-0.2, 0) is 11.3 Å². The number of benzene rings is 1. The summed E-state index contributed by atoms with van der Waals surface area (Å²) in [5, 5.41) is 2.73. The summed E-state index contributed by atoms with van der Waals surface area (Å²) in [7, 11) is 0. The molecule has 15 heavy (non-hydrogen) atoms. The summed E-state index contributed by atoms with van der Waals surface area (Å²) in [6.45, 7) is 6.29. The van der Waals surface area contributed by atoms with Crippen molar-refractivity contribution in [2.45, 2.75) is 6.54 Å². The van der Waals surface area contributed by atoms with Gasteiger partial charge in [-0.05, 0) is 12.1 Å². The van der Waals surface area contributed by atoms with Crippen molar-refractivity contribution < 1.29 is 9.18 Å². The number of nitrogens with zero attached hydrogens (tertiary/aromatic N) is 1. The van der Waals surface area contributed by atoms with E-state index >= 15 is 0 Å². The fourth-order valence-corrected chi connectivity index (χ4v) is 1.15. The van der Waals surface area contributed by atoms with Gasteiger partial charge in [0.15, 0.2) is 0 Å². The Kier molecular flexibility index (Phi) is 4.07. The van der Waals surface area contributed by atoms with Crippen LogP contribution in [0.15, 0.2) is 18.2 Å². The van der Waals surface area contributed by atoms with Crippen LogP contribution in [0, 0.1) is 12.4 Å². The van der Waals surface area contributed by atoms with Gasteiger partial charge < -0.3 is 10.2 Å². The first-order valence-corrected chi connectivity index (χ1v) is 4.55. The number of carbonyl (C=O) groups is 1. The molecule has 0 fully saturated rings. The summed E-state index contributed by atoms with van der Waals surface area (Å²) >= 11 is 5.56. The molecule has 0 aliphatic carbocycles. The van der Waals surface area contributed by atoms with E-state index in [2.05, 4.69) is 10.2 Å². The van der Waals surface area contributed by atoms with Gasteiger partial charge in [-0.3, -0.25) is 4.79 Å². The van der Waals surface area contributed by atoms with E-state index in [9.17, 15) is 9.18 Å². The largest absolute Gasteiger partial charge is 0.345 e. The van der Waals surface area contributed by atoms with Crippen molar-refractivity contribution >= 4 is 17.5 Å². The van der Waals surface area contributed by atoms with Gasteiger partial charge in [0.2, 0.25) is 0 Å². The topological polar surface area (TPSA) is 33.5 Å². The molecule has 0 aliphatic rings. The normalized spacial score (nSPS) is 9.40. The average Bonchev–Trinajstić information content (AvgIpc) is 2.17. The van der Waals surface area contributed by atoms with E-state index in [-0.39, 0.29) is 13.1 Å². The van der Waals surface area contributed by atoms with Gasteiger partial charge in [-0.1, -0.05) is 17.7 Å².